The van der Waals surface area contributed by atoms with Gasteiger partial charge < -0.3 is 20.3 Å². The fourth-order valence-electron chi connectivity index (χ4n) is 1.82. The Hall–Kier alpha value is -2.24. The van der Waals surface area contributed by atoms with Gasteiger partial charge in [0.1, 0.15) is 17.4 Å². The van der Waals surface area contributed by atoms with Gasteiger partial charge in [-0.15, -0.1) is 0 Å². The molecular weight excluding hydrogens is 433 g/mol. The molecule has 0 saturated heterocycles. The molecule has 2 amide bonds. The highest BCUT2D eigenvalue weighted by molar-refractivity contribution is 9.10. The average molecular weight is 448 g/mol. The summed E-state index contributed by atoms with van der Waals surface area (Å²) in [5.41, 5.74) is -0.110. The van der Waals surface area contributed by atoms with E-state index in [0.717, 1.165) is 11.5 Å². The van der Waals surface area contributed by atoms with Gasteiger partial charge in [-0.2, -0.15) is 4.37 Å². The molecule has 0 aliphatic rings. The molecule has 1 heterocycles. The third-order valence-corrected chi connectivity index (χ3v) is 4.28. The maximum absolute atomic E-state index is 13.8. The molecule has 4 N–H and O–H groups in total. The summed E-state index contributed by atoms with van der Waals surface area (Å²) >= 11 is 3.86. The van der Waals surface area contributed by atoms with Gasteiger partial charge in [0.25, 0.3) is 0 Å². The molecule has 0 saturated carbocycles. The number of rotatable bonds is 7. The van der Waals surface area contributed by atoms with Gasteiger partial charge in [0.05, 0.1) is 6.10 Å². The van der Waals surface area contributed by atoms with Gasteiger partial charge in [-0.3, -0.25) is 5.32 Å². The van der Waals surface area contributed by atoms with Crippen LogP contribution in [0, 0.1) is 5.82 Å². The quantitative estimate of drug-likeness (QED) is 0.517. The number of carbonyl (C=O) groups excluding carboxylic acids is 1. The minimum Gasteiger partial charge on any atom is -0.477 e. The molecule has 1 aromatic carbocycles. The molecule has 0 aliphatic carbocycles. The Bertz CT molecular complexity index is 815. The number of urea groups is 1. The van der Waals surface area contributed by atoms with Crippen molar-refractivity contribution in [2.24, 2.45) is 0 Å². The van der Waals surface area contributed by atoms with E-state index >= 15 is 0 Å². The predicted octanol–water partition coefficient (Wildman–Crippen LogP) is 2.82. The zero-order chi connectivity index (χ0) is 19.3. The minimum atomic E-state index is -1.35. The van der Waals surface area contributed by atoms with Gasteiger partial charge in [-0.1, -0.05) is 22.0 Å². The summed E-state index contributed by atoms with van der Waals surface area (Å²) in [6, 6.07) is 3.69. The van der Waals surface area contributed by atoms with E-state index in [9.17, 15) is 19.1 Å². The van der Waals surface area contributed by atoms with E-state index in [-0.39, 0.29) is 35.2 Å². The molecule has 0 spiro atoms. The maximum atomic E-state index is 13.8. The number of carboxylic acids is 1. The Morgan fingerprint density at radius 2 is 2.19 bits per heavy atom. The molecule has 2 rings (SSSR count). The Balaban J connectivity index is 2.10. The fourth-order valence-corrected chi connectivity index (χ4v) is 2.88. The Morgan fingerprint density at radius 1 is 1.46 bits per heavy atom. The molecule has 140 valence electrons. The number of carbonyl (C=O) groups is 2. The highest BCUT2D eigenvalue weighted by Crippen LogP contribution is 2.31. The van der Waals surface area contributed by atoms with Gasteiger partial charge in [0, 0.05) is 16.6 Å². The number of nitrogens with zero attached hydrogens (tertiary/aromatic N) is 1. The van der Waals surface area contributed by atoms with E-state index in [4.69, 9.17) is 9.84 Å². The van der Waals surface area contributed by atoms with Crippen molar-refractivity contribution in [2.75, 3.05) is 11.9 Å². The molecule has 0 radical (unpaired) electrons. The fraction of sp³-hybridized carbons (Fsp3) is 0.267. The van der Waals surface area contributed by atoms with E-state index in [1.165, 1.54) is 19.1 Å². The van der Waals surface area contributed by atoms with Gasteiger partial charge in [-0.25, -0.2) is 14.0 Å². The zero-order valence-electron chi connectivity index (χ0n) is 13.5. The first kappa shape index (κ1) is 20.1. The molecule has 1 atom stereocenters. The lowest BCUT2D eigenvalue weighted by molar-refractivity contribution is 0.0693. The zero-order valence-corrected chi connectivity index (χ0v) is 15.9. The number of aliphatic hydroxyl groups is 1. The number of nitrogens with one attached hydrogen (secondary N) is 2. The van der Waals surface area contributed by atoms with Crippen molar-refractivity contribution in [3.05, 3.63) is 39.6 Å². The van der Waals surface area contributed by atoms with E-state index in [2.05, 4.69) is 30.9 Å². The van der Waals surface area contributed by atoms with Gasteiger partial charge in [-0.05, 0) is 30.6 Å². The number of hydrogen-bond acceptors (Lipinski definition) is 6. The predicted molar refractivity (Wildman–Crippen MR) is 96.2 cm³/mol. The number of ether oxygens (including phenoxy) is 1. The number of aromatic carboxylic acids is 1. The smallest absolute Gasteiger partial charge is 0.344 e. The van der Waals surface area contributed by atoms with Crippen LogP contribution in [0.4, 0.5) is 14.2 Å². The number of halogens is 2. The van der Waals surface area contributed by atoms with E-state index in [1.807, 2.05) is 0 Å². The van der Waals surface area contributed by atoms with Crippen LogP contribution in [0.5, 0.6) is 5.88 Å². The van der Waals surface area contributed by atoms with Crippen molar-refractivity contribution in [3.63, 3.8) is 0 Å². The summed E-state index contributed by atoms with van der Waals surface area (Å²) in [4.78, 5) is 23.2. The number of carboxylic acid groups (broad SMARTS) is 1. The van der Waals surface area contributed by atoms with Crippen LogP contribution in [-0.4, -0.2) is 39.2 Å². The number of aliphatic hydroxyl groups excluding tert-OH is 1. The second-order valence-corrected chi connectivity index (χ2v) is 6.89. The molecular formula is C15H15BrFN3O5S. The van der Waals surface area contributed by atoms with Crippen molar-refractivity contribution >= 4 is 44.5 Å². The molecule has 0 aliphatic heterocycles. The number of aromatic nitrogens is 1. The number of benzene rings is 1. The first-order chi connectivity index (χ1) is 12.3. The highest BCUT2D eigenvalue weighted by Gasteiger charge is 2.23. The first-order valence-corrected chi connectivity index (χ1v) is 8.87. The maximum Gasteiger partial charge on any atom is 0.344 e. The summed E-state index contributed by atoms with van der Waals surface area (Å²) in [6.07, 6.45) is -0.749. The Kier molecular flexibility index (Phi) is 6.89. The SMILES string of the molecule is CC(O)CNC(=O)Nc1snc(OCc2ccc(Br)cc2F)c1C(=O)O. The third-order valence-electron chi connectivity index (χ3n) is 3.04. The lowest BCUT2D eigenvalue weighted by atomic mass is 10.2. The van der Waals surface area contributed by atoms with Gasteiger partial charge in [0.2, 0.25) is 5.88 Å². The van der Waals surface area contributed by atoms with Crippen LogP contribution in [0.1, 0.15) is 22.8 Å². The van der Waals surface area contributed by atoms with Crippen LogP contribution < -0.4 is 15.4 Å². The second kappa shape index (κ2) is 8.92. The average Bonchev–Trinajstić information content (AvgIpc) is 2.95. The summed E-state index contributed by atoms with van der Waals surface area (Å²) in [5, 5.41) is 23.2. The highest BCUT2D eigenvalue weighted by atomic mass is 79.9. The van der Waals surface area contributed by atoms with Crippen LogP contribution in [0.25, 0.3) is 0 Å². The van der Waals surface area contributed by atoms with Crippen molar-refractivity contribution < 1.29 is 28.9 Å². The summed E-state index contributed by atoms with van der Waals surface area (Å²) in [5.74, 6) is -2.09. The monoisotopic (exact) mass is 447 g/mol. The molecule has 8 nitrogen and oxygen atoms in total. The summed E-state index contributed by atoms with van der Waals surface area (Å²) < 4.78 is 23.6. The molecule has 1 unspecified atom stereocenters. The lowest BCUT2D eigenvalue weighted by Crippen LogP contribution is -2.34. The third kappa shape index (κ3) is 5.38. The lowest BCUT2D eigenvalue weighted by Gasteiger charge is -2.09. The summed E-state index contributed by atoms with van der Waals surface area (Å²) in [7, 11) is 0. The normalized spacial score (nSPS) is 11.7. The first-order valence-electron chi connectivity index (χ1n) is 7.30. The number of hydrogen-bond donors (Lipinski definition) is 4. The standard InChI is InChI=1S/C15H15BrFN3O5S/c1-7(21)5-18-15(24)19-13-11(14(22)23)12(20-26-13)25-6-8-2-3-9(16)4-10(8)17/h2-4,7,21H,5-6H2,1H3,(H,22,23)(H2,18,19,24). The molecule has 0 bridgehead atoms. The minimum absolute atomic E-state index is 0.000751. The van der Waals surface area contributed by atoms with Crippen LogP contribution >= 0.6 is 27.5 Å². The van der Waals surface area contributed by atoms with E-state index < -0.39 is 23.9 Å². The molecule has 2 aromatic rings. The van der Waals surface area contributed by atoms with Gasteiger partial charge in [0.15, 0.2) is 5.56 Å². The van der Waals surface area contributed by atoms with Crippen molar-refractivity contribution in [3.8, 4) is 5.88 Å². The van der Waals surface area contributed by atoms with Crippen LogP contribution in [-0.2, 0) is 6.61 Å². The molecule has 0 fully saturated rings. The topological polar surface area (TPSA) is 121 Å². The van der Waals surface area contributed by atoms with Crippen molar-refractivity contribution in [1.29, 1.82) is 0 Å². The van der Waals surface area contributed by atoms with Crippen LogP contribution in [0.3, 0.4) is 0 Å². The number of amides is 2. The molecule has 11 heteroatoms. The van der Waals surface area contributed by atoms with E-state index in [1.54, 1.807) is 6.07 Å². The second-order valence-electron chi connectivity index (χ2n) is 5.21. The van der Waals surface area contributed by atoms with Crippen LogP contribution in [0.15, 0.2) is 22.7 Å². The van der Waals surface area contributed by atoms with Crippen LogP contribution in [0.2, 0.25) is 0 Å². The van der Waals surface area contributed by atoms with Gasteiger partial charge >= 0.3 is 12.0 Å². The summed E-state index contributed by atoms with van der Waals surface area (Å²) in [6.45, 7) is 1.26. The van der Waals surface area contributed by atoms with E-state index in [0.29, 0.717) is 4.47 Å². The number of anilines is 1. The Labute approximate surface area is 160 Å². The molecule has 26 heavy (non-hydrogen) atoms. The largest absolute Gasteiger partial charge is 0.477 e. The Morgan fingerprint density at radius 3 is 2.81 bits per heavy atom. The van der Waals surface area contributed by atoms with Crippen molar-refractivity contribution in [2.45, 2.75) is 19.6 Å². The molecule has 1 aromatic heterocycles. The van der Waals surface area contributed by atoms with Crippen molar-refractivity contribution in [1.82, 2.24) is 9.69 Å².